The summed E-state index contributed by atoms with van der Waals surface area (Å²) in [5, 5.41) is 0. The third-order valence-electron chi connectivity index (χ3n) is 10.7. The van der Waals surface area contributed by atoms with Gasteiger partial charge in [-0.2, -0.15) is 0 Å². The summed E-state index contributed by atoms with van der Waals surface area (Å²) in [6.07, 6.45) is 21.9. The van der Waals surface area contributed by atoms with E-state index in [-0.39, 0.29) is 11.4 Å². The average molecular weight is 601 g/mol. The summed E-state index contributed by atoms with van der Waals surface area (Å²) in [5.41, 5.74) is 3.79. The fraction of sp³-hybridized carbons (Fsp3) is 0.512. The Morgan fingerprint density at radius 2 is 1.32 bits per heavy atom. The van der Waals surface area contributed by atoms with Gasteiger partial charge in [0.2, 0.25) is 0 Å². The van der Waals surface area contributed by atoms with E-state index in [0.29, 0.717) is 29.9 Å². The number of hydrogen-bond acceptors (Lipinski definition) is 0. The average Bonchev–Trinajstić information content (AvgIpc) is 3.06. The van der Waals surface area contributed by atoms with Crippen LogP contribution >= 0.6 is 0 Å². The largest absolute Gasteiger partial charge is 0.207 e. The fourth-order valence-electron chi connectivity index (χ4n) is 7.94. The number of benzene rings is 3. The SMILES string of the molecule is CC/C=C/CCc1ccc(-c2ccc(-c3ccc(C4CCC(C5CCC(CCCCC)CC5)CC4)c(F)c3)cc2)c(F)c1F. The van der Waals surface area contributed by atoms with Crippen molar-refractivity contribution < 1.29 is 13.2 Å². The Kier molecular flexibility index (Phi) is 11.8. The van der Waals surface area contributed by atoms with Crippen LogP contribution in [0.15, 0.2) is 66.7 Å². The van der Waals surface area contributed by atoms with Crippen LogP contribution in [0.2, 0.25) is 0 Å². The van der Waals surface area contributed by atoms with Crippen molar-refractivity contribution in [1.82, 2.24) is 0 Å². The number of halogens is 3. The molecule has 0 heterocycles. The lowest BCUT2D eigenvalue weighted by Gasteiger charge is -2.38. The van der Waals surface area contributed by atoms with Crippen LogP contribution in [0.3, 0.4) is 0 Å². The minimum atomic E-state index is -0.810. The summed E-state index contributed by atoms with van der Waals surface area (Å²) in [7, 11) is 0. The van der Waals surface area contributed by atoms with Gasteiger partial charge in [0.05, 0.1) is 0 Å². The molecule has 0 aromatic heterocycles. The molecule has 2 saturated carbocycles. The molecule has 0 atom stereocenters. The molecular weight excluding hydrogens is 549 g/mol. The first-order chi connectivity index (χ1) is 21.5. The van der Waals surface area contributed by atoms with Crippen LogP contribution in [0, 0.1) is 35.2 Å². The number of unbranched alkanes of at least 4 members (excludes halogenated alkanes) is 2. The third kappa shape index (κ3) is 8.06. The number of hydrogen-bond donors (Lipinski definition) is 0. The Bertz CT molecular complexity index is 1360. The Balaban J connectivity index is 1.16. The number of aryl methyl sites for hydroxylation is 1. The van der Waals surface area contributed by atoms with E-state index in [1.54, 1.807) is 30.3 Å². The third-order valence-corrected chi connectivity index (χ3v) is 10.7. The minimum absolute atomic E-state index is 0.125. The van der Waals surface area contributed by atoms with Crippen LogP contribution in [0.25, 0.3) is 22.3 Å². The molecule has 0 unspecified atom stereocenters. The number of rotatable bonds is 12. The highest BCUT2D eigenvalue weighted by Crippen LogP contribution is 2.45. The molecule has 0 N–H and O–H groups in total. The molecule has 0 bridgehead atoms. The van der Waals surface area contributed by atoms with Crippen molar-refractivity contribution in [2.75, 3.05) is 0 Å². The molecule has 2 fully saturated rings. The lowest BCUT2D eigenvalue weighted by molar-refractivity contribution is 0.155. The van der Waals surface area contributed by atoms with Crippen molar-refractivity contribution in [3.63, 3.8) is 0 Å². The lowest BCUT2D eigenvalue weighted by atomic mass is 9.68. The molecule has 236 valence electrons. The maximum atomic E-state index is 15.5. The molecule has 2 aliphatic carbocycles. The summed E-state index contributed by atoms with van der Waals surface area (Å²) < 4.78 is 45.2. The van der Waals surface area contributed by atoms with Crippen molar-refractivity contribution in [3.05, 3.63) is 95.3 Å². The highest BCUT2D eigenvalue weighted by atomic mass is 19.2. The Labute approximate surface area is 264 Å². The Hall–Kier alpha value is -2.81. The molecular formula is C41H51F3. The molecule has 3 aromatic rings. The highest BCUT2D eigenvalue weighted by molar-refractivity contribution is 5.71. The maximum absolute atomic E-state index is 15.5. The second-order valence-corrected chi connectivity index (χ2v) is 13.5. The zero-order valence-corrected chi connectivity index (χ0v) is 26.9. The second kappa shape index (κ2) is 16.0. The summed E-state index contributed by atoms with van der Waals surface area (Å²) >= 11 is 0. The smallest absolute Gasteiger partial charge is 0.166 e. The van der Waals surface area contributed by atoms with E-state index in [4.69, 9.17) is 0 Å². The number of allylic oxidation sites excluding steroid dienone is 2. The normalized spacial score (nSPS) is 22.5. The van der Waals surface area contributed by atoms with E-state index < -0.39 is 11.6 Å². The van der Waals surface area contributed by atoms with Crippen LogP contribution < -0.4 is 0 Å². The molecule has 0 nitrogen and oxygen atoms in total. The van der Waals surface area contributed by atoms with Gasteiger partial charge in [-0.3, -0.25) is 0 Å². The summed E-state index contributed by atoms with van der Waals surface area (Å²) in [6, 6.07) is 16.3. The monoisotopic (exact) mass is 600 g/mol. The molecule has 44 heavy (non-hydrogen) atoms. The lowest BCUT2D eigenvalue weighted by Crippen LogP contribution is -2.25. The van der Waals surface area contributed by atoms with Gasteiger partial charge >= 0.3 is 0 Å². The van der Waals surface area contributed by atoms with Gasteiger partial charge in [-0.05, 0) is 115 Å². The van der Waals surface area contributed by atoms with Gasteiger partial charge in [-0.1, -0.05) is 113 Å². The zero-order chi connectivity index (χ0) is 30.9. The summed E-state index contributed by atoms with van der Waals surface area (Å²) in [5.74, 6) is 1.25. The van der Waals surface area contributed by atoms with Crippen molar-refractivity contribution in [2.24, 2.45) is 17.8 Å². The highest BCUT2D eigenvalue weighted by Gasteiger charge is 2.32. The van der Waals surface area contributed by atoms with Crippen LogP contribution in [0.1, 0.15) is 121 Å². The standard InChI is InChI=1S/C41H51F3/c1-3-5-7-9-11-35-24-27-38(41(44)40(35)43)34-22-18-32(19-23-34)36-25-26-37(39(42)28-36)33-20-16-31(17-21-33)30-14-12-29(13-15-30)10-8-6-4-2/h5,7,18-19,22-31,33H,3-4,6,8-17,20-21H2,1-2H3/b7-5+. The minimum Gasteiger partial charge on any atom is -0.207 e. The first kappa shape index (κ1) is 32.6. The van der Waals surface area contributed by atoms with Crippen LogP contribution in [-0.2, 0) is 6.42 Å². The molecule has 0 saturated heterocycles. The first-order valence-corrected chi connectivity index (χ1v) is 17.5. The van der Waals surface area contributed by atoms with Gasteiger partial charge < -0.3 is 0 Å². The van der Waals surface area contributed by atoms with Crippen molar-refractivity contribution in [3.8, 4) is 22.3 Å². The van der Waals surface area contributed by atoms with Crippen molar-refractivity contribution in [1.29, 1.82) is 0 Å². The van der Waals surface area contributed by atoms with Gasteiger partial charge in [0.1, 0.15) is 5.82 Å². The maximum Gasteiger partial charge on any atom is 0.166 e. The van der Waals surface area contributed by atoms with Crippen LogP contribution in [-0.4, -0.2) is 0 Å². The summed E-state index contributed by atoms with van der Waals surface area (Å²) in [4.78, 5) is 0. The Morgan fingerprint density at radius 1 is 0.659 bits per heavy atom. The van der Waals surface area contributed by atoms with E-state index in [2.05, 4.69) is 6.92 Å². The molecule has 0 aliphatic heterocycles. The first-order valence-electron chi connectivity index (χ1n) is 17.5. The summed E-state index contributed by atoms with van der Waals surface area (Å²) in [6.45, 7) is 4.34. The predicted octanol–water partition coefficient (Wildman–Crippen LogP) is 13.0. The molecule has 0 amide bonds. The molecule has 5 rings (SSSR count). The van der Waals surface area contributed by atoms with E-state index in [9.17, 15) is 8.78 Å². The molecule has 3 aromatic carbocycles. The van der Waals surface area contributed by atoms with Gasteiger partial charge in [0.15, 0.2) is 11.6 Å². The van der Waals surface area contributed by atoms with Gasteiger partial charge in [-0.25, -0.2) is 13.2 Å². The molecule has 0 radical (unpaired) electrons. The topological polar surface area (TPSA) is 0 Å². The van der Waals surface area contributed by atoms with E-state index in [1.807, 2.05) is 43.3 Å². The van der Waals surface area contributed by atoms with Gasteiger partial charge in [0.25, 0.3) is 0 Å². The fourth-order valence-corrected chi connectivity index (χ4v) is 7.94. The second-order valence-electron chi connectivity index (χ2n) is 13.5. The van der Waals surface area contributed by atoms with Crippen molar-refractivity contribution >= 4 is 0 Å². The van der Waals surface area contributed by atoms with Crippen molar-refractivity contribution in [2.45, 2.75) is 116 Å². The molecule has 3 heteroatoms. The predicted molar refractivity (Wildman–Crippen MR) is 179 cm³/mol. The zero-order valence-electron chi connectivity index (χ0n) is 26.9. The quantitative estimate of drug-likeness (QED) is 0.143. The Morgan fingerprint density at radius 3 is 1.98 bits per heavy atom. The van der Waals surface area contributed by atoms with Gasteiger partial charge in [-0.15, -0.1) is 0 Å². The van der Waals surface area contributed by atoms with Gasteiger partial charge in [0, 0.05) is 5.56 Å². The van der Waals surface area contributed by atoms with Crippen LogP contribution in [0.4, 0.5) is 13.2 Å². The van der Waals surface area contributed by atoms with Crippen LogP contribution in [0.5, 0.6) is 0 Å². The van der Waals surface area contributed by atoms with E-state index >= 15 is 4.39 Å². The van der Waals surface area contributed by atoms with E-state index in [0.717, 1.165) is 53.7 Å². The molecule has 2 aliphatic rings. The van der Waals surface area contributed by atoms with E-state index in [1.165, 1.54) is 64.2 Å². The molecule has 0 spiro atoms.